The Hall–Kier alpha value is -1.98. The number of hydrogen-bond acceptors (Lipinski definition) is 3. The zero-order valence-electron chi connectivity index (χ0n) is 15.8. The molecule has 2 aromatic rings. The van der Waals surface area contributed by atoms with E-state index in [1.54, 1.807) is 0 Å². The molecular weight excluding hydrogens is 356 g/mol. The average Bonchev–Trinajstić information content (AvgIpc) is 2.69. The molecule has 0 bridgehead atoms. The topological polar surface area (TPSA) is 58.2 Å². The van der Waals surface area contributed by atoms with Crippen molar-refractivity contribution >= 4 is 22.4 Å². The lowest BCUT2D eigenvalue weighted by Crippen LogP contribution is -2.34. The van der Waals surface area contributed by atoms with Gasteiger partial charge in [0.2, 0.25) is 5.91 Å². The van der Waals surface area contributed by atoms with E-state index in [1.165, 1.54) is 12.8 Å². The van der Waals surface area contributed by atoms with Gasteiger partial charge in [-0.15, -0.1) is 0 Å². The fourth-order valence-electron chi connectivity index (χ4n) is 3.58. The van der Waals surface area contributed by atoms with Crippen molar-refractivity contribution in [2.75, 3.05) is 18.4 Å². The van der Waals surface area contributed by atoms with Gasteiger partial charge in [0.1, 0.15) is 0 Å². The van der Waals surface area contributed by atoms with E-state index in [9.17, 15) is 9.00 Å². The Morgan fingerprint density at radius 2 is 2.04 bits per heavy atom. The van der Waals surface area contributed by atoms with Crippen LogP contribution in [0.4, 0.5) is 5.69 Å². The van der Waals surface area contributed by atoms with E-state index in [4.69, 9.17) is 0 Å². The fraction of sp³-hybridized carbons (Fsp3) is 0.409. The van der Waals surface area contributed by atoms with Gasteiger partial charge in [-0.2, -0.15) is 0 Å². The maximum Gasteiger partial charge on any atom is 0.224 e. The predicted molar refractivity (Wildman–Crippen MR) is 111 cm³/mol. The zero-order chi connectivity index (χ0) is 19.1. The van der Waals surface area contributed by atoms with Crippen LogP contribution in [-0.2, 0) is 21.3 Å². The summed E-state index contributed by atoms with van der Waals surface area (Å²) in [5.41, 5.74) is 1.73. The molecule has 144 valence electrons. The largest absolute Gasteiger partial charge is 0.326 e. The summed E-state index contributed by atoms with van der Waals surface area (Å²) in [6.45, 7) is 4.26. The van der Waals surface area contributed by atoms with Gasteiger partial charge < -0.3 is 10.6 Å². The highest BCUT2D eigenvalue weighted by molar-refractivity contribution is 7.84. The molecule has 0 aliphatic carbocycles. The van der Waals surface area contributed by atoms with Crippen LogP contribution in [-0.4, -0.2) is 23.2 Å². The van der Waals surface area contributed by atoms with Crippen molar-refractivity contribution in [3.63, 3.8) is 0 Å². The third-order valence-electron chi connectivity index (χ3n) is 5.16. The molecule has 0 spiro atoms. The summed E-state index contributed by atoms with van der Waals surface area (Å²) in [4.78, 5) is 13.3. The Labute approximate surface area is 164 Å². The first kappa shape index (κ1) is 19.8. The first-order chi connectivity index (χ1) is 13.1. The van der Waals surface area contributed by atoms with E-state index in [0.29, 0.717) is 24.0 Å². The molecule has 3 atom stereocenters. The van der Waals surface area contributed by atoms with Crippen LogP contribution in [0.3, 0.4) is 0 Å². The summed E-state index contributed by atoms with van der Waals surface area (Å²) in [6.07, 6.45) is 2.92. The molecule has 1 aliphatic rings. The second-order valence-corrected chi connectivity index (χ2v) is 8.79. The number of hydrogen-bond donors (Lipinski definition) is 2. The number of rotatable bonds is 7. The Morgan fingerprint density at radius 3 is 2.78 bits per heavy atom. The molecule has 1 amide bonds. The first-order valence-corrected chi connectivity index (χ1v) is 11.0. The number of amides is 1. The quantitative estimate of drug-likeness (QED) is 0.760. The molecule has 1 heterocycles. The van der Waals surface area contributed by atoms with Gasteiger partial charge >= 0.3 is 0 Å². The van der Waals surface area contributed by atoms with Gasteiger partial charge in [0.05, 0.1) is 16.6 Å². The Balaban J connectivity index is 1.55. The maximum absolute atomic E-state index is 12.5. The number of carbonyl (C=O) groups excluding carboxylic acids is 1. The zero-order valence-corrected chi connectivity index (χ0v) is 16.6. The summed E-state index contributed by atoms with van der Waals surface area (Å²) < 4.78 is 12.5. The van der Waals surface area contributed by atoms with Crippen LogP contribution < -0.4 is 10.6 Å². The number of carbonyl (C=O) groups is 1. The van der Waals surface area contributed by atoms with E-state index in [0.717, 1.165) is 29.2 Å². The van der Waals surface area contributed by atoms with Gasteiger partial charge in [0, 0.05) is 17.0 Å². The molecule has 1 saturated heterocycles. The lowest BCUT2D eigenvalue weighted by Gasteiger charge is -2.28. The van der Waals surface area contributed by atoms with Crippen molar-refractivity contribution in [3.05, 3.63) is 60.2 Å². The van der Waals surface area contributed by atoms with Crippen molar-refractivity contribution in [1.29, 1.82) is 0 Å². The normalized spacial score (nSPS) is 19.2. The lowest BCUT2D eigenvalue weighted by molar-refractivity contribution is -0.117. The van der Waals surface area contributed by atoms with Gasteiger partial charge in [0.15, 0.2) is 0 Å². The predicted octanol–water partition coefficient (Wildman–Crippen LogP) is 3.96. The standard InChI is InChI=1S/C22H28N2O2S/c1-17(19-8-6-12-23-15-19)13-22(25)24-20-9-5-7-18(14-20)16-27(26)21-10-3-2-4-11-21/h2-5,7,9-11,14,17,19,23H,6,8,12-13,15-16H2,1H3,(H,24,25). The van der Waals surface area contributed by atoms with E-state index in [2.05, 4.69) is 17.6 Å². The number of piperidine rings is 1. The molecule has 2 aromatic carbocycles. The van der Waals surface area contributed by atoms with Crippen molar-refractivity contribution in [1.82, 2.24) is 5.32 Å². The Morgan fingerprint density at radius 1 is 1.22 bits per heavy atom. The van der Waals surface area contributed by atoms with Gasteiger partial charge in [-0.1, -0.05) is 37.3 Å². The minimum absolute atomic E-state index is 0.0504. The van der Waals surface area contributed by atoms with Crippen LogP contribution in [0.25, 0.3) is 0 Å². The van der Waals surface area contributed by atoms with Crippen LogP contribution in [0.1, 0.15) is 31.7 Å². The third-order valence-corrected chi connectivity index (χ3v) is 6.56. The summed E-state index contributed by atoms with van der Waals surface area (Å²) in [7, 11) is -1.09. The molecule has 0 saturated carbocycles. The SMILES string of the molecule is CC(CC(=O)Nc1cccc(CS(=O)c2ccccc2)c1)C1CCCNC1. The van der Waals surface area contributed by atoms with E-state index in [-0.39, 0.29) is 5.91 Å². The summed E-state index contributed by atoms with van der Waals surface area (Å²) in [5, 5.41) is 6.42. The molecule has 1 aliphatic heterocycles. The summed E-state index contributed by atoms with van der Waals surface area (Å²) in [5.74, 6) is 1.43. The van der Waals surface area contributed by atoms with Gasteiger partial charge in [-0.3, -0.25) is 9.00 Å². The molecule has 0 radical (unpaired) electrons. The lowest BCUT2D eigenvalue weighted by atomic mass is 9.85. The average molecular weight is 385 g/mol. The van der Waals surface area contributed by atoms with E-state index < -0.39 is 10.8 Å². The van der Waals surface area contributed by atoms with Crippen LogP contribution >= 0.6 is 0 Å². The monoisotopic (exact) mass is 384 g/mol. The smallest absolute Gasteiger partial charge is 0.224 e. The molecule has 27 heavy (non-hydrogen) atoms. The molecule has 1 fully saturated rings. The molecule has 5 heteroatoms. The molecule has 3 unspecified atom stereocenters. The van der Waals surface area contributed by atoms with Crippen LogP contribution in [0.5, 0.6) is 0 Å². The molecule has 2 N–H and O–H groups in total. The summed E-state index contributed by atoms with van der Waals surface area (Å²) >= 11 is 0. The Bertz CT molecular complexity index is 773. The van der Waals surface area contributed by atoms with Crippen LogP contribution in [0, 0.1) is 11.8 Å². The van der Waals surface area contributed by atoms with Crippen LogP contribution in [0.2, 0.25) is 0 Å². The highest BCUT2D eigenvalue weighted by Gasteiger charge is 2.22. The minimum Gasteiger partial charge on any atom is -0.326 e. The van der Waals surface area contributed by atoms with E-state index in [1.807, 2.05) is 54.6 Å². The second-order valence-electron chi connectivity index (χ2n) is 7.34. The number of nitrogens with one attached hydrogen (secondary N) is 2. The van der Waals surface area contributed by atoms with E-state index >= 15 is 0 Å². The first-order valence-electron chi connectivity index (χ1n) is 9.65. The van der Waals surface area contributed by atoms with Gasteiger partial charge in [0.25, 0.3) is 0 Å². The van der Waals surface area contributed by atoms with Crippen LogP contribution in [0.15, 0.2) is 59.5 Å². The third kappa shape index (κ3) is 6.01. The number of benzene rings is 2. The van der Waals surface area contributed by atoms with Gasteiger partial charge in [-0.25, -0.2) is 0 Å². The fourth-order valence-corrected chi connectivity index (χ4v) is 4.69. The maximum atomic E-state index is 12.5. The summed E-state index contributed by atoms with van der Waals surface area (Å²) in [6, 6.07) is 17.1. The van der Waals surface area contributed by atoms with Crippen molar-refractivity contribution in [2.24, 2.45) is 11.8 Å². The molecule has 0 aromatic heterocycles. The van der Waals surface area contributed by atoms with Crippen molar-refractivity contribution < 1.29 is 9.00 Å². The van der Waals surface area contributed by atoms with Crippen molar-refractivity contribution in [2.45, 2.75) is 36.8 Å². The van der Waals surface area contributed by atoms with Gasteiger partial charge in [-0.05, 0) is 67.6 Å². The highest BCUT2D eigenvalue weighted by Crippen LogP contribution is 2.23. The second kappa shape index (κ2) is 9.81. The highest BCUT2D eigenvalue weighted by atomic mass is 32.2. The molecule has 4 nitrogen and oxygen atoms in total. The van der Waals surface area contributed by atoms with Crippen molar-refractivity contribution in [3.8, 4) is 0 Å². The number of anilines is 1. The molecule has 3 rings (SSSR count). The Kier molecular flexibility index (Phi) is 7.18. The minimum atomic E-state index is -1.09. The molecular formula is C22H28N2O2S.